The first-order valence-electron chi connectivity index (χ1n) is 6.19. The quantitative estimate of drug-likeness (QED) is 0.866. The summed E-state index contributed by atoms with van der Waals surface area (Å²) in [6.45, 7) is 0.828. The number of fused-ring (bicyclic) bond motifs is 1. The Hall–Kier alpha value is -0.810. The Bertz CT molecular complexity index is 486. The lowest BCUT2D eigenvalue weighted by atomic mass is 9.88. The van der Waals surface area contributed by atoms with Gasteiger partial charge in [0.05, 0.1) is 0 Å². The molecule has 1 saturated carbocycles. The van der Waals surface area contributed by atoms with Gasteiger partial charge in [-0.1, -0.05) is 28.8 Å². The maximum absolute atomic E-state index is 14.6. The monoisotopic (exact) mass is 315 g/mol. The minimum atomic E-state index is -0.585. The minimum Gasteiger partial charge on any atom is -0.486 e. The number of rotatable bonds is 1. The molecule has 98 valence electrons. The van der Waals surface area contributed by atoms with Crippen molar-refractivity contribution in [3.8, 4) is 11.5 Å². The first kappa shape index (κ1) is 12.2. The van der Waals surface area contributed by atoms with Crippen LogP contribution in [0.2, 0.25) is 0 Å². The molecule has 3 nitrogen and oxygen atoms in total. The Labute approximate surface area is 114 Å². The van der Waals surface area contributed by atoms with Gasteiger partial charge in [-0.3, -0.25) is 0 Å². The Kier molecular flexibility index (Phi) is 2.98. The Morgan fingerprint density at radius 1 is 1.22 bits per heavy atom. The largest absolute Gasteiger partial charge is 0.486 e. The summed E-state index contributed by atoms with van der Waals surface area (Å²) in [6.07, 6.45) is 3.69. The van der Waals surface area contributed by atoms with E-state index in [4.69, 9.17) is 15.2 Å². The third-order valence-corrected chi connectivity index (χ3v) is 4.35. The topological polar surface area (TPSA) is 44.5 Å². The van der Waals surface area contributed by atoms with E-state index in [1.54, 1.807) is 6.07 Å². The van der Waals surface area contributed by atoms with Gasteiger partial charge >= 0.3 is 0 Å². The molecule has 1 fully saturated rings. The van der Waals surface area contributed by atoms with Crippen molar-refractivity contribution in [2.24, 2.45) is 5.73 Å². The van der Waals surface area contributed by atoms with E-state index in [1.165, 1.54) is 0 Å². The lowest BCUT2D eigenvalue weighted by molar-refractivity contribution is 0.163. The normalized spacial score (nSPS) is 21.1. The van der Waals surface area contributed by atoms with E-state index in [-0.39, 0.29) is 11.6 Å². The van der Waals surface area contributed by atoms with Crippen molar-refractivity contribution in [3.05, 3.63) is 21.9 Å². The van der Waals surface area contributed by atoms with Gasteiger partial charge < -0.3 is 15.2 Å². The van der Waals surface area contributed by atoms with Gasteiger partial charge in [0.25, 0.3) is 0 Å². The smallest absolute Gasteiger partial charge is 0.197 e. The van der Waals surface area contributed by atoms with Crippen LogP contribution in [0.1, 0.15) is 31.2 Å². The summed E-state index contributed by atoms with van der Waals surface area (Å²) >= 11 is 3.42. The van der Waals surface area contributed by atoms with Crippen molar-refractivity contribution in [1.82, 2.24) is 0 Å². The van der Waals surface area contributed by atoms with E-state index in [0.717, 1.165) is 25.7 Å². The highest BCUT2D eigenvalue weighted by molar-refractivity contribution is 9.10. The standard InChI is InChI=1S/C13H15BrFNO2/c14-8-7-9-12(18-6-5-17-9)11(15)10(8)13(16)3-1-2-4-13/h7H,1-6,16H2. The molecule has 2 aliphatic rings. The average Bonchev–Trinajstić information content (AvgIpc) is 2.77. The molecule has 5 heteroatoms. The molecule has 3 rings (SSSR count). The predicted molar refractivity (Wildman–Crippen MR) is 69.4 cm³/mol. The number of hydrogen-bond acceptors (Lipinski definition) is 3. The average molecular weight is 316 g/mol. The molecule has 1 heterocycles. The van der Waals surface area contributed by atoms with Crippen LogP contribution in [0.5, 0.6) is 11.5 Å². The Morgan fingerprint density at radius 3 is 2.61 bits per heavy atom. The molecule has 0 saturated heterocycles. The highest BCUT2D eigenvalue weighted by Gasteiger charge is 2.38. The molecule has 0 atom stereocenters. The Balaban J connectivity index is 2.14. The second-order valence-electron chi connectivity index (χ2n) is 4.93. The van der Waals surface area contributed by atoms with Crippen LogP contribution in [0.4, 0.5) is 4.39 Å². The number of nitrogens with two attached hydrogens (primary N) is 1. The molecule has 18 heavy (non-hydrogen) atoms. The summed E-state index contributed by atoms with van der Waals surface area (Å²) in [5.41, 5.74) is 6.30. The van der Waals surface area contributed by atoms with Gasteiger partial charge in [0.2, 0.25) is 0 Å². The minimum absolute atomic E-state index is 0.205. The van der Waals surface area contributed by atoms with Crippen LogP contribution in [0, 0.1) is 5.82 Å². The van der Waals surface area contributed by atoms with E-state index in [0.29, 0.717) is 29.0 Å². The van der Waals surface area contributed by atoms with Crippen LogP contribution in [-0.2, 0) is 5.54 Å². The second kappa shape index (κ2) is 4.38. The molecule has 0 unspecified atom stereocenters. The summed E-state index contributed by atoms with van der Waals surface area (Å²) in [5, 5.41) is 0. The van der Waals surface area contributed by atoms with E-state index in [2.05, 4.69) is 15.9 Å². The van der Waals surface area contributed by atoms with Crippen LogP contribution in [0.3, 0.4) is 0 Å². The van der Waals surface area contributed by atoms with Crippen LogP contribution < -0.4 is 15.2 Å². The van der Waals surface area contributed by atoms with Crippen molar-refractivity contribution in [1.29, 1.82) is 0 Å². The van der Waals surface area contributed by atoms with Gasteiger partial charge in [0.1, 0.15) is 13.2 Å². The zero-order valence-electron chi connectivity index (χ0n) is 9.97. The molecule has 1 aliphatic carbocycles. The van der Waals surface area contributed by atoms with Gasteiger partial charge in [-0.2, -0.15) is 0 Å². The summed E-state index contributed by atoms with van der Waals surface area (Å²) < 4.78 is 26.0. The molecule has 1 aliphatic heterocycles. The molecule has 1 aromatic carbocycles. The summed E-state index contributed by atoms with van der Waals surface area (Å²) in [7, 11) is 0. The van der Waals surface area contributed by atoms with Crippen molar-refractivity contribution in [2.45, 2.75) is 31.2 Å². The van der Waals surface area contributed by atoms with Crippen molar-refractivity contribution >= 4 is 15.9 Å². The fourth-order valence-electron chi connectivity index (χ4n) is 2.83. The Morgan fingerprint density at radius 2 is 1.89 bits per heavy atom. The molecule has 1 aromatic rings. The molecule has 0 amide bonds. The molecule has 0 bridgehead atoms. The molecule has 0 spiro atoms. The lowest BCUT2D eigenvalue weighted by Gasteiger charge is -2.29. The van der Waals surface area contributed by atoms with Crippen LogP contribution in [0.15, 0.2) is 10.5 Å². The maximum atomic E-state index is 14.6. The number of halogens is 2. The molecule has 0 radical (unpaired) electrons. The van der Waals surface area contributed by atoms with Crippen LogP contribution >= 0.6 is 15.9 Å². The maximum Gasteiger partial charge on any atom is 0.197 e. The fourth-order valence-corrected chi connectivity index (χ4v) is 3.61. The van der Waals surface area contributed by atoms with E-state index < -0.39 is 5.54 Å². The van der Waals surface area contributed by atoms with Crippen LogP contribution in [-0.4, -0.2) is 13.2 Å². The van der Waals surface area contributed by atoms with Crippen molar-refractivity contribution < 1.29 is 13.9 Å². The van der Waals surface area contributed by atoms with Crippen LogP contribution in [0.25, 0.3) is 0 Å². The zero-order chi connectivity index (χ0) is 12.8. The molecular weight excluding hydrogens is 301 g/mol. The van der Waals surface area contributed by atoms with E-state index in [1.807, 2.05) is 0 Å². The SMILES string of the molecule is NC1(c2c(Br)cc3c(c2F)OCCO3)CCCC1. The molecule has 2 N–H and O–H groups in total. The van der Waals surface area contributed by atoms with Gasteiger partial charge in [0.15, 0.2) is 17.3 Å². The fraction of sp³-hybridized carbons (Fsp3) is 0.538. The third kappa shape index (κ3) is 1.80. The highest BCUT2D eigenvalue weighted by Crippen LogP contribution is 2.46. The first-order chi connectivity index (χ1) is 8.62. The van der Waals surface area contributed by atoms with Gasteiger partial charge in [-0.25, -0.2) is 4.39 Å². The second-order valence-corrected chi connectivity index (χ2v) is 5.79. The summed E-state index contributed by atoms with van der Waals surface area (Å²) in [6, 6.07) is 1.76. The highest BCUT2D eigenvalue weighted by atomic mass is 79.9. The van der Waals surface area contributed by atoms with Crippen molar-refractivity contribution in [2.75, 3.05) is 13.2 Å². The third-order valence-electron chi connectivity index (χ3n) is 3.72. The first-order valence-corrected chi connectivity index (χ1v) is 6.98. The van der Waals surface area contributed by atoms with E-state index >= 15 is 0 Å². The van der Waals surface area contributed by atoms with Gasteiger partial charge in [-0.15, -0.1) is 0 Å². The molecular formula is C13H15BrFNO2. The summed E-state index contributed by atoms with van der Waals surface area (Å²) in [4.78, 5) is 0. The number of ether oxygens (including phenoxy) is 2. The van der Waals surface area contributed by atoms with E-state index in [9.17, 15) is 4.39 Å². The number of benzene rings is 1. The van der Waals surface area contributed by atoms with Crippen molar-refractivity contribution in [3.63, 3.8) is 0 Å². The molecule has 0 aromatic heterocycles. The number of hydrogen-bond donors (Lipinski definition) is 1. The summed E-state index contributed by atoms with van der Waals surface area (Å²) in [5.74, 6) is 0.288. The predicted octanol–water partition coefficient (Wildman–Crippen LogP) is 3.09. The van der Waals surface area contributed by atoms with Gasteiger partial charge in [0, 0.05) is 15.6 Å². The van der Waals surface area contributed by atoms with Gasteiger partial charge in [-0.05, 0) is 18.9 Å². The lowest BCUT2D eigenvalue weighted by Crippen LogP contribution is -2.35. The zero-order valence-corrected chi connectivity index (χ0v) is 11.6.